The van der Waals surface area contributed by atoms with Crippen molar-refractivity contribution in [2.45, 2.75) is 18.6 Å². The minimum absolute atomic E-state index is 0.0185. The molecule has 106 valence electrons. The Morgan fingerprint density at radius 3 is 3.00 bits per heavy atom. The largest absolute Gasteiger partial charge is 0.481 e. The van der Waals surface area contributed by atoms with Gasteiger partial charge in [-0.2, -0.15) is 4.98 Å². The summed E-state index contributed by atoms with van der Waals surface area (Å²) in [4.78, 5) is 12.4. The van der Waals surface area contributed by atoms with Gasteiger partial charge in [-0.3, -0.25) is 0 Å². The lowest BCUT2D eigenvalue weighted by Crippen LogP contribution is -2.16. The molecule has 8 nitrogen and oxygen atoms in total. The second kappa shape index (κ2) is 5.51. The van der Waals surface area contributed by atoms with E-state index in [0.717, 1.165) is 13.0 Å². The van der Waals surface area contributed by atoms with Crippen molar-refractivity contribution in [1.82, 2.24) is 25.4 Å². The minimum Gasteiger partial charge on any atom is -0.481 e. The Labute approximate surface area is 115 Å². The first-order valence-corrected chi connectivity index (χ1v) is 6.26. The summed E-state index contributed by atoms with van der Waals surface area (Å²) in [5.74, 6) is 1.42. The predicted octanol–water partition coefficient (Wildman–Crippen LogP) is 0.585. The molecule has 3 heterocycles. The third kappa shape index (κ3) is 2.47. The maximum atomic E-state index is 5.30. The lowest BCUT2D eigenvalue weighted by atomic mass is 10.2. The van der Waals surface area contributed by atoms with E-state index in [0.29, 0.717) is 23.3 Å². The zero-order chi connectivity index (χ0) is 13.9. The molecule has 0 bridgehead atoms. The number of ether oxygens (including phenoxy) is 2. The second-order valence-corrected chi connectivity index (χ2v) is 4.46. The van der Waals surface area contributed by atoms with Crippen LogP contribution in [0, 0.1) is 0 Å². The molecule has 0 aromatic carbocycles. The first kappa shape index (κ1) is 12.9. The average molecular weight is 277 g/mol. The lowest BCUT2D eigenvalue weighted by molar-refractivity contribution is 0.116. The molecule has 2 aromatic heterocycles. The average Bonchev–Trinajstić information content (AvgIpc) is 3.15. The van der Waals surface area contributed by atoms with Gasteiger partial charge in [0.25, 0.3) is 0 Å². The van der Waals surface area contributed by atoms with E-state index in [-0.39, 0.29) is 12.1 Å². The van der Waals surface area contributed by atoms with Crippen molar-refractivity contribution < 1.29 is 14.0 Å². The predicted molar refractivity (Wildman–Crippen MR) is 68.0 cm³/mol. The Kier molecular flexibility index (Phi) is 3.57. The highest BCUT2D eigenvalue weighted by atomic mass is 16.5. The molecule has 0 aliphatic carbocycles. The summed E-state index contributed by atoms with van der Waals surface area (Å²) in [5.41, 5.74) is 0.563. The number of nitrogens with one attached hydrogen (secondary N) is 1. The summed E-state index contributed by atoms with van der Waals surface area (Å²) in [6.45, 7) is 0.778. The van der Waals surface area contributed by atoms with Gasteiger partial charge < -0.3 is 19.3 Å². The van der Waals surface area contributed by atoms with E-state index < -0.39 is 0 Å². The van der Waals surface area contributed by atoms with Gasteiger partial charge in [-0.1, -0.05) is 5.16 Å². The molecule has 1 aliphatic rings. The Morgan fingerprint density at radius 2 is 2.25 bits per heavy atom. The first-order chi connectivity index (χ1) is 9.80. The van der Waals surface area contributed by atoms with Crippen LogP contribution in [0.5, 0.6) is 5.88 Å². The Morgan fingerprint density at radius 1 is 1.35 bits per heavy atom. The number of methoxy groups -OCH3 is 2. The fraction of sp³-hybridized carbons (Fsp3) is 0.500. The zero-order valence-electron chi connectivity index (χ0n) is 11.2. The van der Waals surface area contributed by atoms with Crippen LogP contribution >= 0.6 is 0 Å². The summed E-state index contributed by atoms with van der Waals surface area (Å²) in [6, 6.07) is 1.68. The molecule has 2 atom stereocenters. The number of hydrogen-bond acceptors (Lipinski definition) is 8. The molecule has 3 rings (SSSR count). The monoisotopic (exact) mass is 277 g/mol. The topological polar surface area (TPSA) is 95.2 Å². The fourth-order valence-electron chi connectivity index (χ4n) is 2.13. The quantitative estimate of drug-likeness (QED) is 0.867. The van der Waals surface area contributed by atoms with Crippen LogP contribution in [0.2, 0.25) is 0 Å². The van der Waals surface area contributed by atoms with Crippen LogP contribution in [0.4, 0.5) is 0 Å². The third-order valence-electron chi connectivity index (χ3n) is 3.24. The van der Waals surface area contributed by atoms with Crippen molar-refractivity contribution in [3.8, 4) is 17.4 Å². The molecule has 1 saturated heterocycles. The van der Waals surface area contributed by atoms with Crippen LogP contribution in [0.25, 0.3) is 11.5 Å². The van der Waals surface area contributed by atoms with Gasteiger partial charge in [0, 0.05) is 19.7 Å². The first-order valence-electron chi connectivity index (χ1n) is 6.26. The highest BCUT2D eigenvalue weighted by Crippen LogP contribution is 2.25. The van der Waals surface area contributed by atoms with E-state index >= 15 is 0 Å². The highest BCUT2D eigenvalue weighted by Gasteiger charge is 2.29. The van der Waals surface area contributed by atoms with Gasteiger partial charge in [0.15, 0.2) is 0 Å². The molecule has 20 heavy (non-hydrogen) atoms. The molecule has 8 heteroatoms. The number of rotatable bonds is 4. The molecular formula is C12H15N5O3. The van der Waals surface area contributed by atoms with E-state index in [4.69, 9.17) is 14.0 Å². The van der Waals surface area contributed by atoms with E-state index in [2.05, 4.69) is 25.4 Å². The highest BCUT2D eigenvalue weighted by molar-refractivity contribution is 5.49. The second-order valence-electron chi connectivity index (χ2n) is 4.46. The van der Waals surface area contributed by atoms with Gasteiger partial charge in [-0.15, -0.1) is 0 Å². The molecule has 1 fully saturated rings. The van der Waals surface area contributed by atoms with Crippen LogP contribution in [0.15, 0.2) is 16.9 Å². The third-order valence-corrected chi connectivity index (χ3v) is 3.24. The van der Waals surface area contributed by atoms with Crippen LogP contribution in [0.1, 0.15) is 18.4 Å². The van der Waals surface area contributed by atoms with E-state index in [1.54, 1.807) is 20.3 Å². The van der Waals surface area contributed by atoms with Gasteiger partial charge in [-0.05, 0) is 6.42 Å². The van der Waals surface area contributed by atoms with Crippen LogP contribution in [-0.4, -0.2) is 47.0 Å². The Balaban J connectivity index is 1.79. The summed E-state index contributed by atoms with van der Waals surface area (Å²) < 4.78 is 15.6. The summed E-state index contributed by atoms with van der Waals surface area (Å²) in [7, 11) is 3.24. The molecule has 2 unspecified atom stereocenters. The fourth-order valence-corrected chi connectivity index (χ4v) is 2.13. The van der Waals surface area contributed by atoms with Gasteiger partial charge in [-0.25, -0.2) is 9.97 Å². The van der Waals surface area contributed by atoms with Crippen molar-refractivity contribution in [2.24, 2.45) is 0 Å². The molecule has 1 aliphatic heterocycles. The molecule has 0 amide bonds. The van der Waals surface area contributed by atoms with E-state index in [9.17, 15) is 0 Å². The van der Waals surface area contributed by atoms with Crippen molar-refractivity contribution in [1.29, 1.82) is 0 Å². The maximum Gasteiger partial charge on any atom is 0.244 e. The standard InChI is InChI=1S/C12H15N5O3/c1-18-7-3-9(13-5-7)12-16-11(17-20-12)8-4-10(19-2)15-6-14-8/h4,6-7,9,13H,3,5H2,1-2H3. The normalized spacial score (nSPS) is 22.1. The van der Waals surface area contributed by atoms with Crippen LogP contribution in [-0.2, 0) is 4.74 Å². The van der Waals surface area contributed by atoms with Crippen LogP contribution in [0.3, 0.4) is 0 Å². The van der Waals surface area contributed by atoms with Crippen molar-refractivity contribution >= 4 is 0 Å². The number of aromatic nitrogens is 4. The minimum atomic E-state index is 0.0185. The van der Waals surface area contributed by atoms with Crippen molar-refractivity contribution in [2.75, 3.05) is 20.8 Å². The van der Waals surface area contributed by atoms with Gasteiger partial charge in [0.2, 0.25) is 17.6 Å². The van der Waals surface area contributed by atoms with Crippen molar-refractivity contribution in [3.05, 3.63) is 18.3 Å². The Bertz CT molecular complexity index is 588. The summed E-state index contributed by atoms with van der Waals surface area (Å²) in [6.07, 6.45) is 2.39. The van der Waals surface area contributed by atoms with Crippen molar-refractivity contribution in [3.63, 3.8) is 0 Å². The molecule has 0 spiro atoms. The smallest absolute Gasteiger partial charge is 0.244 e. The summed E-state index contributed by atoms with van der Waals surface area (Å²) in [5, 5.41) is 7.23. The van der Waals surface area contributed by atoms with Crippen LogP contribution < -0.4 is 10.1 Å². The zero-order valence-corrected chi connectivity index (χ0v) is 11.2. The molecule has 0 saturated carbocycles. The molecular weight excluding hydrogens is 262 g/mol. The Hall–Kier alpha value is -2.06. The molecule has 1 N–H and O–H groups in total. The number of nitrogens with zero attached hydrogens (tertiary/aromatic N) is 4. The van der Waals surface area contributed by atoms with Gasteiger partial charge in [0.05, 0.1) is 19.3 Å². The van der Waals surface area contributed by atoms with Gasteiger partial charge in [0.1, 0.15) is 12.0 Å². The van der Waals surface area contributed by atoms with Gasteiger partial charge >= 0.3 is 0 Å². The maximum absolute atomic E-state index is 5.30. The molecule has 2 aromatic rings. The SMILES string of the molecule is COc1cc(-c2noc(C3CC(OC)CN3)n2)ncn1. The molecule has 0 radical (unpaired) electrons. The summed E-state index contributed by atoms with van der Waals surface area (Å²) >= 11 is 0. The van der Waals surface area contributed by atoms with E-state index in [1.807, 2.05) is 0 Å². The lowest BCUT2D eigenvalue weighted by Gasteiger charge is -2.04. The number of hydrogen-bond donors (Lipinski definition) is 1. The van der Waals surface area contributed by atoms with E-state index in [1.165, 1.54) is 6.33 Å².